The number of hydrogen-bond acceptors (Lipinski definition) is 2. The average Bonchev–Trinajstić information content (AvgIpc) is 2.36. The molecule has 1 amide bonds. The third-order valence-corrected chi connectivity index (χ3v) is 3.68. The number of carbonyl (C=O) groups is 1. The number of amides is 1. The van der Waals surface area contributed by atoms with Crippen LogP contribution in [0.15, 0.2) is 24.3 Å². The first kappa shape index (κ1) is 15.7. The molecule has 0 aliphatic carbocycles. The van der Waals surface area contributed by atoms with Crippen LogP contribution in [-0.4, -0.2) is 25.0 Å². The van der Waals surface area contributed by atoms with E-state index >= 15 is 0 Å². The minimum atomic E-state index is -0.539. The van der Waals surface area contributed by atoms with Crippen LogP contribution >= 0.6 is 0 Å². The zero-order chi connectivity index (χ0) is 14.7. The Morgan fingerprint density at radius 1 is 1.21 bits per heavy atom. The van der Waals surface area contributed by atoms with Crippen LogP contribution < -0.4 is 10.6 Å². The van der Waals surface area contributed by atoms with Crippen LogP contribution in [0.25, 0.3) is 0 Å². The summed E-state index contributed by atoms with van der Waals surface area (Å²) in [6, 6.07) is 8.44. The number of benzene rings is 1. The molecule has 0 heterocycles. The monoisotopic (exact) mass is 262 g/mol. The Morgan fingerprint density at radius 2 is 1.84 bits per heavy atom. The van der Waals surface area contributed by atoms with Gasteiger partial charge in [0.05, 0.1) is 5.54 Å². The lowest BCUT2D eigenvalue weighted by atomic mass is 9.83. The van der Waals surface area contributed by atoms with E-state index in [2.05, 4.69) is 55.7 Å². The van der Waals surface area contributed by atoms with E-state index in [9.17, 15) is 4.79 Å². The first-order valence-electron chi connectivity index (χ1n) is 6.73. The van der Waals surface area contributed by atoms with Gasteiger partial charge < -0.3 is 10.6 Å². The number of hydrogen-bond donors (Lipinski definition) is 2. The smallest absolute Gasteiger partial charge is 0.239 e. The van der Waals surface area contributed by atoms with Crippen LogP contribution in [0, 0.1) is 6.92 Å². The van der Waals surface area contributed by atoms with Gasteiger partial charge in [-0.3, -0.25) is 4.79 Å². The van der Waals surface area contributed by atoms with E-state index in [4.69, 9.17) is 0 Å². The fraction of sp³-hybridized carbons (Fsp3) is 0.562. The summed E-state index contributed by atoms with van der Waals surface area (Å²) < 4.78 is 0. The number of nitrogens with one attached hydrogen (secondary N) is 2. The molecule has 3 heteroatoms. The van der Waals surface area contributed by atoms with Gasteiger partial charge in [-0.25, -0.2) is 0 Å². The van der Waals surface area contributed by atoms with E-state index in [1.54, 1.807) is 7.05 Å². The van der Waals surface area contributed by atoms with Crippen molar-refractivity contribution in [3.8, 4) is 0 Å². The maximum atomic E-state index is 12.1. The van der Waals surface area contributed by atoms with Crippen molar-refractivity contribution < 1.29 is 4.79 Å². The van der Waals surface area contributed by atoms with Crippen molar-refractivity contribution in [1.29, 1.82) is 0 Å². The molecule has 19 heavy (non-hydrogen) atoms. The third-order valence-electron chi connectivity index (χ3n) is 3.68. The largest absolute Gasteiger partial charge is 0.354 e. The third kappa shape index (κ3) is 4.06. The zero-order valence-corrected chi connectivity index (χ0v) is 12.9. The second kappa shape index (κ2) is 5.74. The van der Waals surface area contributed by atoms with Crippen molar-refractivity contribution >= 4 is 5.91 Å². The topological polar surface area (TPSA) is 41.1 Å². The van der Waals surface area contributed by atoms with Crippen molar-refractivity contribution in [2.24, 2.45) is 0 Å². The number of rotatable bonds is 5. The molecule has 0 aromatic heterocycles. The average molecular weight is 262 g/mol. The van der Waals surface area contributed by atoms with Gasteiger partial charge in [-0.1, -0.05) is 43.7 Å². The van der Waals surface area contributed by atoms with Crippen molar-refractivity contribution in [3.05, 3.63) is 35.4 Å². The molecule has 0 bridgehead atoms. The lowest BCUT2D eigenvalue weighted by Crippen LogP contribution is -2.53. The van der Waals surface area contributed by atoms with Crippen LogP contribution in [0.2, 0.25) is 0 Å². The van der Waals surface area contributed by atoms with Gasteiger partial charge in [-0.05, 0) is 33.4 Å². The van der Waals surface area contributed by atoms with Gasteiger partial charge in [-0.2, -0.15) is 0 Å². The summed E-state index contributed by atoms with van der Waals surface area (Å²) in [7, 11) is 1.80. The first-order valence-corrected chi connectivity index (χ1v) is 6.73. The van der Waals surface area contributed by atoms with Gasteiger partial charge >= 0.3 is 0 Å². The van der Waals surface area contributed by atoms with Crippen LogP contribution in [0.5, 0.6) is 0 Å². The van der Waals surface area contributed by atoms with E-state index < -0.39 is 5.54 Å². The molecule has 1 aromatic carbocycles. The molecule has 0 spiro atoms. The Bertz CT molecular complexity index is 450. The number of carbonyl (C=O) groups excluding carboxylic acids is 1. The van der Waals surface area contributed by atoms with Gasteiger partial charge in [0.1, 0.15) is 0 Å². The summed E-state index contributed by atoms with van der Waals surface area (Å²) in [5, 5.41) is 6.04. The van der Waals surface area contributed by atoms with Crippen molar-refractivity contribution in [1.82, 2.24) is 10.6 Å². The molecule has 0 radical (unpaired) electrons. The summed E-state index contributed by atoms with van der Waals surface area (Å²) in [5.41, 5.74) is 1.87. The molecular weight excluding hydrogens is 236 g/mol. The Balaban J connectivity index is 2.73. The fourth-order valence-corrected chi connectivity index (χ4v) is 1.80. The highest BCUT2D eigenvalue weighted by Gasteiger charge is 2.28. The molecule has 1 aromatic rings. The summed E-state index contributed by atoms with van der Waals surface area (Å²) in [4.78, 5) is 12.1. The van der Waals surface area contributed by atoms with E-state index in [1.165, 1.54) is 11.1 Å². The fourth-order valence-electron chi connectivity index (χ4n) is 1.80. The minimum Gasteiger partial charge on any atom is -0.354 e. The van der Waals surface area contributed by atoms with Crippen molar-refractivity contribution in [2.75, 3.05) is 13.6 Å². The minimum absolute atomic E-state index is 0.0238. The summed E-state index contributed by atoms with van der Waals surface area (Å²) in [6.45, 7) is 10.8. The number of likely N-dealkylation sites (N-methyl/N-ethyl adjacent to an activating group) is 1. The standard InChI is InChI=1S/C16H26N2O/c1-12-8-7-9-13(10-12)15(2,3)11-18-14(19)16(4,5)17-6/h7-10,17H,11H2,1-6H3,(H,18,19). The highest BCUT2D eigenvalue weighted by Crippen LogP contribution is 2.23. The maximum absolute atomic E-state index is 12.1. The molecule has 0 aliphatic rings. The van der Waals surface area contributed by atoms with Crippen LogP contribution in [-0.2, 0) is 10.2 Å². The first-order chi connectivity index (χ1) is 8.69. The Kier molecular flexibility index (Phi) is 4.75. The molecule has 2 N–H and O–H groups in total. The molecule has 0 unspecified atom stereocenters. The lowest BCUT2D eigenvalue weighted by molar-refractivity contribution is -0.126. The molecule has 1 rings (SSSR count). The predicted molar refractivity (Wildman–Crippen MR) is 80.4 cm³/mol. The molecular formula is C16H26N2O. The lowest BCUT2D eigenvalue weighted by Gasteiger charge is -2.29. The Labute approximate surface area is 116 Å². The van der Waals surface area contributed by atoms with Gasteiger partial charge in [0.2, 0.25) is 5.91 Å². The molecule has 0 aliphatic heterocycles. The molecule has 0 atom stereocenters. The SMILES string of the molecule is CNC(C)(C)C(=O)NCC(C)(C)c1cccc(C)c1. The maximum Gasteiger partial charge on any atom is 0.239 e. The second-order valence-electron chi connectivity index (χ2n) is 6.31. The van der Waals surface area contributed by atoms with Crippen molar-refractivity contribution in [2.45, 2.75) is 45.6 Å². The van der Waals surface area contributed by atoms with Crippen LogP contribution in [0.4, 0.5) is 0 Å². The second-order valence-corrected chi connectivity index (χ2v) is 6.31. The molecule has 0 fully saturated rings. The van der Waals surface area contributed by atoms with E-state index in [0.717, 1.165) is 0 Å². The number of aryl methyl sites for hydroxylation is 1. The van der Waals surface area contributed by atoms with E-state index in [0.29, 0.717) is 6.54 Å². The van der Waals surface area contributed by atoms with Gasteiger partial charge in [0.15, 0.2) is 0 Å². The van der Waals surface area contributed by atoms with E-state index in [1.807, 2.05) is 13.8 Å². The predicted octanol–water partition coefficient (Wildman–Crippen LogP) is 2.39. The van der Waals surface area contributed by atoms with E-state index in [-0.39, 0.29) is 11.3 Å². The van der Waals surface area contributed by atoms with Gasteiger partial charge in [0, 0.05) is 12.0 Å². The normalized spacial score (nSPS) is 12.3. The quantitative estimate of drug-likeness (QED) is 0.855. The van der Waals surface area contributed by atoms with Crippen LogP contribution in [0.3, 0.4) is 0 Å². The Hall–Kier alpha value is -1.35. The molecule has 0 saturated carbocycles. The zero-order valence-electron chi connectivity index (χ0n) is 12.9. The summed E-state index contributed by atoms with van der Waals surface area (Å²) in [6.07, 6.45) is 0. The summed E-state index contributed by atoms with van der Waals surface area (Å²) in [5.74, 6) is 0.0238. The highest BCUT2D eigenvalue weighted by molar-refractivity contribution is 5.85. The summed E-state index contributed by atoms with van der Waals surface area (Å²) >= 11 is 0. The van der Waals surface area contributed by atoms with Crippen LogP contribution in [0.1, 0.15) is 38.8 Å². The molecule has 3 nitrogen and oxygen atoms in total. The molecule has 0 saturated heterocycles. The van der Waals surface area contributed by atoms with Gasteiger partial charge in [0.25, 0.3) is 0 Å². The Morgan fingerprint density at radius 3 is 2.37 bits per heavy atom. The van der Waals surface area contributed by atoms with Gasteiger partial charge in [-0.15, -0.1) is 0 Å². The molecule has 106 valence electrons. The highest BCUT2D eigenvalue weighted by atomic mass is 16.2. The van der Waals surface area contributed by atoms with Crippen molar-refractivity contribution in [3.63, 3.8) is 0 Å².